The molecule has 0 spiro atoms. The molecule has 3 nitrogen and oxygen atoms in total. The van der Waals surface area contributed by atoms with Crippen LogP contribution < -0.4 is 0 Å². The zero-order chi connectivity index (χ0) is 17.0. The van der Waals surface area contributed by atoms with E-state index in [1.54, 1.807) is 0 Å². The molecule has 1 fully saturated rings. The van der Waals surface area contributed by atoms with Crippen molar-refractivity contribution < 1.29 is 14.2 Å². The van der Waals surface area contributed by atoms with E-state index in [0.717, 1.165) is 36.9 Å². The van der Waals surface area contributed by atoms with E-state index in [4.69, 9.17) is 14.2 Å². The van der Waals surface area contributed by atoms with Crippen LogP contribution in [0, 0.1) is 0 Å². The first-order chi connectivity index (χ1) is 11.8. The van der Waals surface area contributed by atoms with Gasteiger partial charge in [0.1, 0.15) is 0 Å². The molecular weight excluding hydrogens is 368 g/mol. The second kappa shape index (κ2) is 12.0. The van der Waals surface area contributed by atoms with Crippen LogP contribution in [0.3, 0.4) is 0 Å². The van der Waals surface area contributed by atoms with E-state index < -0.39 is 0 Å². The van der Waals surface area contributed by atoms with E-state index in [2.05, 4.69) is 41.1 Å². The first-order valence-electron chi connectivity index (χ1n) is 9.37. The van der Waals surface area contributed by atoms with Crippen molar-refractivity contribution in [3.8, 4) is 0 Å². The van der Waals surface area contributed by atoms with Gasteiger partial charge in [-0.1, -0.05) is 54.6 Å². The maximum absolute atomic E-state index is 5.88. The van der Waals surface area contributed by atoms with Crippen molar-refractivity contribution in [1.82, 2.24) is 0 Å². The molecule has 0 bridgehead atoms. The fourth-order valence-corrected chi connectivity index (χ4v) is 3.50. The predicted molar refractivity (Wildman–Crippen MR) is 101 cm³/mol. The molecular formula is C20H31BrO3. The SMILES string of the molecule is CCCCCCCOCc1cc(Br)cc(COC2CCCCO2)c1. The molecule has 0 aliphatic carbocycles. The Hall–Kier alpha value is -0.420. The number of unbranched alkanes of at least 4 members (excludes halogenated alkanes) is 4. The van der Waals surface area contributed by atoms with Crippen molar-refractivity contribution in [1.29, 1.82) is 0 Å². The summed E-state index contributed by atoms with van der Waals surface area (Å²) in [6.45, 7) is 5.16. The highest BCUT2D eigenvalue weighted by Crippen LogP contribution is 2.20. The molecule has 1 aliphatic rings. The van der Waals surface area contributed by atoms with E-state index in [-0.39, 0.29) is 6.29 Å². The highest BCUT2D eigenvalue weighted by molar-refractivity contribution is 9.10. The second-order valence-electron chi connectivity index (χ2n) is 6.54. The number of halogens is 1. The Morgan fingerprint density at radius 1 is 1.04 bits per heavy atom. The molecule has 136 valence electrons. The zero-order valence-corrected chi connectivity index (χ0v) is 16.5. The molecule has 1 aromatic rings. The molecule has 1 unspecified atom stereocenters. The first-order valence-corrected chi connectivity index (χ1v) is 10.2. The van der Waals surface area contributed by atoms with Gasteiger partial charge in [0.15, 0.2) is 6.29 Å². The van der Waals surface area contributed by atoms with Crippen molar-refractivity contribution >= 4 is 15.9 Å². The van der Waals surface area contributed by atoms with Crippen molar-refractivity contribution in [2.75, 3.05) is 13.2 Å². The number of ether oxygens (including phenoxy) is 3. The summed E-state index contributed by atoms with van der Waals surface area (Å²) < 4.78 is 18.4. The lowest BCUT2D eigenvalue weighted by atomic mass is 10.1. The molecule has 1 atom stereocenters. The van der Waals surface area contributed by atoms with Crippen LogP contribution >= 0.6 is 15.9 Å². The minimum Gasteiger partial charge on any atom is -0.377 e. The third-order valence-electron chi connectivity index (χ3n) is 4.25. The maximum atomic E-state index is 5.88. The summed E-state index contributed by atoms with van der Waals surface area (Å²) in [5.74, 6) is 0. The summed E-state index contributed by atoms with van der Waals surface area (Å²) in [5.41, 5.74) is 2.36. The van der Waals surface area contributed by atoms with Crippen molar-refractivity contribution in [2.45, 2.75) is 77.8 Å². The Morgan fingerprint density at radius 2 is 1.83 bits per heavy atom. The third kappa shape index (κ3) is 8.11. The van der Waals surface area contributed by atoms with Crippen LogP contribution in [0.1, 0.15) is 69.4 Å². The van der Waals surface area contributed by atoms with E-state index in [0.29, 0.717) is 13.2 Å². The van der Waals surface area contributed by atoms with Crippen LogP contribution in [0.25, 0.3) is 0 Å². The molecule has 0 amide bonds. The van der Waals surface area contributed by atoms with Gasteiger partial charge >= 0.3 is 0 Å². The largest absolute Gasteiger partial charge is 0.377 e. The Morgan fingerprint density at radius 3 is 2.58 bits per heavy atom. The summed E-state index contributed by atoms with van der Waals surface area (Å²) in [4.78, 5) is 0. The lowest BCUT2D eigenvalue weighted by Gasteiger charge is -2.22. The number of hydrogen-bond acceptors (Lipinski definition) is 3. The average Bonchev–Trinajstić information content (AvgIpc) is 2.60. The van der Waals surface area contributed by atoms with Crippen LogP contribution in [-0.2, 0) is 27.4 Å². The van der Waals surface area contributed by atoms with Gasteiger partial charge in [0.25, 0.3) is 0 Å². The van der Waals surface area contributed by atoms with Gasteiger partial charge in [-0.3, -0.25) is 0 Å². The molecule has 4 heteroatoms. The zero-order valence-electron chi connectivity index (χ0n) is 14.9. The van der Waals surface area contributed by atoms with Gasteiger partial charge in [-0.2, -0.15) is 0 Å². The smallest absolute Gasteiger partial charge is 0.158 e. The fraction of sp³-hybridized carbons (Fsp3) is 0.700. The van der Waals surface area contributed by atoms with Gasteiger partial charge in [0.05, 0.1) is 13.2 Å². The minimum atomic E-state index is -0.0412. The lowest BCUT2D eigenvalue weighted by Crippen LogP contribution is -2.22. The molecule has 0 aromatic heterocycles. The molecule has 24 heavy (non-hydrogen) atoms. The predicted octanol–water partition coefficient (Wildman–Crippen LogP) is 5.98. The molecule has 1 aliphatic heterocycles. The third-order valence-corrected chi connectivity index (χ3v) is 4.71. The highest BCUT2D eigenvalue weighted by atomic mass is 79.9. The van der Waals surface area contributed by atoms with Gasteiger partial charge < -0.3 is 14.2 Å². The van der Waals surface area contributed by atoms with Gasteiger partial charge in [0, 0.05) is 17.7 Å². The summed E-state index contributed by atoms with van der Waals surface area (Å²) >= 11 is 3.59. The lowest BCUT2D eigenvalue weighted by molar-refractivity contribution is -0.168. The van der Waals surface area contributed by atoms with Crippen LogP contribution in [-0.4, -0.2) is 19.5 Å². The number of benzene rings is 1. The Kier molecular flexibility index (Phi) is 9.96. The van der Waals surface area contributed by atoms with Crippen LogP contribution in [0.4, 0.5) is 0 Å². The maximum Gasteiger partial charge on any atom is 0.158 e. The van der Waals surface area contributed by atoms with Gasteiger partial charge in [-0.25, -0.2) is 0 Å². The van der Waals surface area contributed by atoms with E-state index >= 15 is 0 Å². The molecule has 0 N–H and O–H groups in total. The van der Waals surface area contributed by atoms with Crippen molar-refractivity contribution in [2.24, 2.45) is 0 Å². The molecule has 1 heterocycles. The Bertz CT molecular complexity index is 458. The summed E-state index contributed by atoms with van der Waals surface area (Å²) in [7, 11) is 0. The quantitative estimate of drug-likeness (QED) is 0.429. The van der Waals surface area contributed by atoms with E-state index in [1.165, 1.54) is 43.2 Å². The van der Waals surface area contributed by atoms with Crippen molar-refractivity contribution in [3.05, 3.63) is 33.8 Å². The van der Waals surface area contributed by atoms with Crippen LogP contribution in [0.5, 0.6) is 0 Å². The van der Waals surface area contributed by atoms with E-state index in [9.17, 15) is 0 Å². The van der Waals surface area contributed by atoms with Gasteiger partial charge in [-0.05, 0) is 48.9 Å². The summed E-state index contributed by atoms with van der Waals surface area (Å²) in [6, 6.07) is 6.40. The molecule has 0 saturated carbocycles. The monoisotopic (exact) mass is 398 g/mol. The normalized spacial score (nSPS) is 18.0. The number of rotatable bonds is 11. The standard InChI is InChI=1S/C20H31BrO3/c1-2-3-4-5-7-10-22-15-17-12-18(14-19(21)13-17)16-24-20-9-6-8-11-23-20/h12-14,20H,2-11,15-16H2,1H3. The molecule has 0 radical (unpaired) electrons. The number of hydrogen-bond donors (Lipinski definition) is 0. The fourth-order valence-electron chi connectivity index (χ4n) is 2.91. The average molecular weight is 399 g/mol. The highest BCUT2D eigenvalue weighted by Gasteiger charge is 2.14. The van der Waals surface area contributed by atoms with E-state index in [1.807, 2.05) is 0 Å². The molecule has 1 saturated heterocycles. The van der Waals surface area contributed by atoms with Gasteiger partial charge in [0.2, 0.25) is 0 Å². The second-order valence-corrected chi connectivity index (χ2v) is 7.46. The Balaban J connectivity index is 1.69. The Labute approximate surface area is 155 Å². The van der Waals surface area contributed by atoms with Crippen LogP contribution in [0.2, 0.25) is 0 Å². The van der Waals surface area contributed by atoms with Crippen molar-refractivity contribution in [3.63, 3.8) is 0 Å². The summed E-state index contributed by atoms with van der Waals surface area (Å²) in [6.07, 6.45) is 9.67. The topological polar surface area (TPSA) is 27.7 Å². The van der Waals surface area contributed by atoms with Gasteiger partial charge in [-0.15, -0.1) is 0 Å². The molecule has 2 rings (SSSR count). The molecule has 1 aromatic carbocycles. The first kappa shape index (κ1) is 19.9. The minimum absolute atomic E-state index is 0.0412. The summed E-state index contributed by atoms with van der Waals surface area (Å²) in [5, 5.41) is 0. The van der Waals surface area contributed by atoms with Crippen LogP contribution in [0.15, 0.2) is 22.7 Å².